The van der Waals surface area contributed by atoms with Gasteiger partial charge in [0.15, 0.2) is 0 Å². The SMILES string of the molecule is CN(C)Cc1cc(C2CCOCC2)cc(Nc2ccc(-c3cnc4cc(F)ccn34)c3c2C(=O)NC3)n1. The summed E-state index contributed by atoms with van der Waals surface area (Å²) in [6.07, 6.45) is 5.35. The van der Waals surface area contributed by atoms with E-state index >= 15 is 0 Å². The molecule has 0 aliphatic carbocycles. The third kappa shape index (κ3) is 4.56. The van der Waals surface area contributed by atoms with E-state index in [-0.39, 0.29) is 11.7 Å². The van der Waals surface area contributed by atoms with Gasteiger partial charge in [-0.2, -0.15) is 0 Å². The molecule has 2 aliphatic heterocycles. The summed E-state index contributed by atoms with van der Waals surface area (Å²) in [7, 11) is 4.06. The quantitative estimate of drug-likeness (QED) is 0.406. The third-order valence-corrected chi connectivity index (χ3v) is 7.05. The Balaban J connectivity index is 1.39. The van der Waals surface area contributed by atoms with Crippen LogP contribution in [-0.2, 0) is 17.8 Å². The second-order valence-corrected chi connectivity index (χ2v) is 9.94. The van der Waals surface area contributed by atoms with Gasteiger partial charge < -0.3 is 20.3 Å². The number of ether oxygens (including phenoxy) is 1. The molecule has 0 saturated carbocycles. The zero-order chi connectivity index (χ0) is 25.5. The number of rotatable bonds is 6. The van der Waals surface area contributed by atoms with Crippen molar-refractivity contribution in [3.8, 4) is 11.3 Å². The summed E-state index contributed by atoms with van der Waals surface area (Å²) in [6, 6.07) is 11.0. The van der Waals surface area contributed by atoms with E-state index in [0.717, 1.165) is 60.9 Å². The normalized spacial score (nSPS) is 15.8. The van der Waals surface area contributed by atoms with E-state index in [1.165, 1.54) is 17.7 Å². The Kier molecular flexibility index (Phi) is 6.10. The van der Waals surface area contributed by atoms with Crippen molar-refractivity contribution in [1.29, 1.82) is 0 Å². The van der Waals surface area contributed by atoms with Crippen LogP contribution in [0.15, 0.2) is 48.8 Å². The summed E-state index contributed by atoms with van der Waals surface area (Å²) in [5, 5.41) is 6.41. The molecule has 3 aromatic heterocycles. The number of nitrogens with zero attached hydrogens (tertiary/aromatic N) is 4. The standard InChI is InChI=1S/C28H29FN6O2/c1-34(2)16-20-11-18(17-6-9-37-10-7-17)12-25(32-20)33-23-4-3-21(22-14-31-28(36)27(22)23)24-15-30-26-13-19(29)5-8-35(24)26/h3-5,8,11-13,15,17H,6-7,9-10,14,16H2,1-2H3,(H,31,36)(H,32,33). The van der Waals surface area contributed by atoms with Crippen LogP contribution >= 0.6 is 0 Å². The van der Waals surface area contributed by atoms with Crippen molar-refractivity contribution in [3.63, 3.8) is 0 Å². The van der Waals surface area contributed by atoms with E-state index in [9.17, 15) is 9.18 Å². The van der Waals surface area contributed by atoms with Crippen molar-refractivity contribution in [1.82, 2.24) is 24.6 Å². The highest BCUT2D eigenvalue weighted by molar-refractivity contribution is 6.06. The minimum atomic E-state index is -0.338. The van der Waals surface area contributed by atoms with Gasteiger partial charge in [-0.1, -0.05) is 6.07 Å². The predicted octanol–water partition coefficient (Wildman–Crippen LogP) is 4.48. The first-order valence-electron chi connectivity index (χ1n) is 12.5. The molecule has 0 spiro atoms. The van der Waals surface area contributed by atoms with E-state index in [0.29, 0.717) is 29.4 Å². The molecule has 1 saturated heterocycles. The van der Waals surface area contributed by atoms with E-state index in [1.807, 2.05) is 30.6 Å². The van der Waals surface area contributed by atoms with Crippen molar-refractivity contribution in [3.05, 3.63) is 77.0 Å². The number of nitrogens with one attached hydrogen (secondary N) is 2. The summed E-state index contributed by atoms with van der Waals surface area (Å²) in [4.78, 5) is 24.3. The molecule has 0 atom stereocenters. The van der Waals surface area contributed by atoms with Gasteiger partial charge in [0.2, 0.25) is 0 Å². The fraction of sp³-hybridized carbons (Fsp3) is 0.321. The fourth-order valence-electron chi connectivity index (χ4n) is 5.33. The molecule has 2 aliphatic rings. The topological polar surface area (TPSA) is 83.8 Å². The highest BCUT2D eigenvalue weighted by Crippen LogP contribution is 2.36. The number of hydrogen-bond donors (Lipinski definition) is 2. The number of halogens is 1. The monoisotopic (exact) mass is 500 g/mol. The maximum Gasteiger partial charge on any atom is 0.254 e. The van der Waals surface area contributed by atoms with E-state index in [4.69, 9.17) is 9.72 Å². The Morgan fingerprint density at radius 2 is 2.03 bits per heavy atom. The number of carbonyl (C=O) groups excluding carboxylic acids is 1. The van der Waals surface area contributed by atoms with Gasteiger partial charge in [-0.25, -0.2) is 14.4 Å². The van der Waals surface area contributed by atoms with Gasteiger partial charge in [0.1, 0.15) is 17.3 Å². The predicted molar refractivity (Wildman–Crippen MR) is 139 cm³/mol. The van der Waals surface area contributed by atoms with Gasteiger partial charge in [0.25, 0.3) is 5.91 Å². The van der Waals surface area contributed by atoms with E-state index in [2.05, 4.69) is 32.7 Å². The van der Waals surface area contributed by atoms with Crippen molar-refractivity contribution < 1.29 is 13.9 Å². The van der Waals surface area contributed by atoms with Gasteiger partial charge in [-0.15, -0.1) is 0 Å². The Hall–Kier alpha value is -3.82. The van der Waals surface area contributed by atoms with Crippen LogP contribution in [0.1, 0.15) is 45.9 Å². The van der Waals surface area contributed by atoms with Crippen molar-refractivity contribution in [2.45, 2.75) is 31.8 Å². The van der Waals surface area contributed by atoms with Crippen LogP contribution in [0.3, 0.4) is 0 Å². The van der Waals surface area contributed by atoms with E-state index in [1.54, 1.807) is 12.4 Å². The molecular weight excluding hydrogens is 471 g/mol. The molecule has 0 radical (unpaired) electrons. The zero-order valence-electron chi connectivity index (χ0n) is 20.9. The van der Waals surface area contributed by atoms with Crippen molar-refractivity contribution in [2.75, 3.05) is 32.6 Å². The lowest BCUT2D eigenvalue weighted by Crippen LogP contribution is -2.17. The first-order valence-corrected chi connectivity index (χ1v) is 12.5. The number of fused-ring (bicyclic) bond motifs is 2. The average Bonchev–Trinajstić information content (AvgIpc) is 3.48. The third-order valence-electron chi connectivity index (χ3n) is 7.05. The molecule has 1 fully saturated rings. The lowest BCUT2D eigenvalue weighted by molar-refractivity contribution is 0.0853. The number of anilines is 2. The summed E-state index contributed by atoms with van der Waals surface area (Å²) in [5.74, 6) is 0.680. The number of amides is 1. The Labute approximate surface area is 214 Å². The first-order chi connectivity index (χ1) is 18.0. The molecule has 0 bridgehead atoms. The number of pyridine rings is 2. The molecule has 37 heavy (non-hydrogen) atoms. The smallest absolute Gasteiger partial charge is 0.254 e. The molecule has 4 aromatic rings. The van der Waals surface area contributed by atoms with Crippen LogP contribution in [0.4, 0.5) is 15.9 Å². The highest BCUT2D eigenvalue weighted by atomic mass is 19.1. The molecule has 1 aromatic carbocycles. The number of carbonyl (C=O) groups is 1. The highest BCUT2D eigenvalue weighted by Gasteiger charge is 2.27. The zero-order valence-corrected chi connectivity index (χ0v) is 20.9. The summed E-state index contributed by atoms with van der Waals surface area (Å²) in [5.41, 5.74) is 6.63. The van der Waals surface area contributed by atoms with Gasteiger partial charge in [-0.05, 0) is 68.2 Å². The number of aromatic nitrogens is 3. The molecule has 1 amide bonds. The van der Waals surface area contributed by atoms with Gasteiger partial charge >= 0.3 is 0 Å². The van der Waals surface area contributed by atoms with Gasteiger partial charge in [0, 0.05) is 44.1 Å². The lowest BCUT2D eigenvalue weighted by atomic mass is 9.91. The molecule has 8 nitrogen and oxygen atoms in total. The summed E-state index contributed by atoms with van der Waals surface area (Å²) in [6.45, 7) is 2.67. The van der Waals surface area contributed by atoms with E-state index < -0.39 is 0 Å². The molecule has 5 heterocycles. The Morgan fingerprint density at radius 1 is 1.19 bits per heavy atom. The van der Waals surface area contributed by atoms with Crippen LogP contribution in [-0.4, -0.2) is 52.5 Å². The van der Waals surface area contributed by atoms with Gasteiger partial charge in [-0.3, -0.25) is 9.20 Å². The largest absolute Gasteiger partial charge is 0.381 e. The Bertz CT molecular complexity index is 1490. The Morgan fingerprint density at radius 3 is 2.84 bits per heavy atom. The average molecular weight is 501 g/mol. The van der Waals surface area contributed by atoms with Crippen LogP contribution in [0.2, 0.25) is 0 Å². The maximum absolute atomic E-state index is 13.7. The molecule has 9 heteroatoms. The van der Waals surface area contributed by atoms with Gasteiger partial charge in [0.05, 0.1) is 28.8 Å². The lowest BCUT2D eigenvalue weighted by Gasteiger charge is -2.24. The van der Waals surface area contributed by atoms with Crippen LogP contribution < -0.4 is 10.6 Å². The second kappa shape index (κ2) is 9.57. The molecular formula is C28H29FN6O2. The number of hydrogen-bond acceptors (Lipinski definition) is 6. The maximum atomic E-state index is 13.7. The molecule has 6 rings (SSSR count). The first kappa shape index (κ1) is 23.6. The molecule has 0 unspecified atom stereocenters. The second-order valence-electron chi connectivity index (χ2n) is 9.94. The number of benzene rings is 1. The van der Waals surface area contributed by atoms with Crippen LogP contribution in [0.25, 0.3) is 16.9 Å². The molecule has 2 N–H and O–H groups in total. The number of imidazole rings is 1. The van der Waals surface area contributed by atoms with Crippen molar-refractivity contribution >= 4 is 23.1 Å². The minimum Gasteiger partial charge on any atom is -0.381 e. The fourth-order valence-corrected chi connectivity index (χ4v) is 5.33. The van der Waals surface area contributed by atoms with Crippen LogP contribution in [0, 0.1) is 5.82 Å². The summed E-state index contributed by atoms with van der Waals surface area (Å²) < 4.78 is 21.1. The molecule has 190 valence electrons. The van der Waals surface area contributed by atoms with Crippen LogP contribution in [0.5, 0.6) is 0 Å². The minimum absolute atomic E-state index is 0.131. The van der Waals surface area contributed by atoms with Crippen molar-refractivity contribution in [2.24, 2.45) is 0 Å². The summed E-state index contributed by atoms with van der Waals surface area (Å²) >= 11 is 0.